The summed E-state index contributed by atoms with van der Waals surface area (Å²) >= 11 is -4.17. The quantitative estimate of drug-likeness (QED) is 0.175. The van der Waals surface area contributed by atoms with Crippen molar-refractivity contribution in [2.75, 3.05) is 4.90 Å². The molecule has 0 saturated carbocycles. The van der Waals surface area contributed by atoms with Gasteiger partial charge < -0.3 is 13.9 Å². The van der Waals surface area contributed by atoms with E-state index in [4.69, 9.17) is 9.72 Å². The predicted octanol–water partition coefficient (Wildman–Crippen LogP) is 6.82. The largest absolute Gasteiger partial charge is 0.458 e. The summed E-state index contributed by atoms with van der Waals surface area (Å²) in [4.78, 5) is 8.40. The summed E-state index contributed by atoms with van der Waals surface area (Å²) in [5.41, 5.74) is 10.0. The molecule has 0 fully saturated rings. The zero-order chi connectivity index (χ0) is 34.8. The van der Waals surface area contributed by atoms with Crippen LogP contribution in [0.25, 0.3) is 55.0 Å². The monoisotopic (exact) mass is 716 g/mol. The Bertz CT molecular complexity index is 3350. The fourth-order valence-corrected chi connectivity index (χ4v) is 17.6. The number of rotatable bonds is 1. The molecule has 4 aliphatic heterocycles. The Kier molecular flexibility index (Phi) is 5.23. The number of hydrogen-bond acceptors (Lipinski definition) is 3. The summed E-state index contributed by atoms with van der Waals surface area (Å²) in [5, 5.41) is 5.22. The third kappa shape index (κ3) is 3.29. The van der Waals surface area contributed by atoms with Crippen molar-refractivity contribution in [1.82, 2.24) is 14.1 Å². The van der Waals surface area contributed by atoms with Crippen LogP contribution in [-0.2, 0) is 0 Å². The first-order valence-electron chi connectivity index (χ1n) is 18.7. The van der Waals surface area contributed by atoms with Crippen LogP contribution in [-0.4, -0.2) is 42.4 Å². The van der Waals surface area contributed by atoms with Crippen molar-refractivity contribution >= 4 is 116 Å². The van der Waals surface area contributed by atoms with Gasteiger partial charge in [0, 0.05) is 59.9 Å². The first-order chi connectivity index (χ1) is 26.8. The molecule has 0 spiro atoms. The van der Waals surface area contributed by atoms with Gasteiger partial charge in [-0.1, -0.05) is 121 Å². The number of ether oxygens (including phenoxy) is 1. The fraction of sp³-hybridized carbons (Fsp3) is 0. The molecule has 246 valence electrons. The van der Waals surface area contributed by atoms with Gasteiger partial charge in [-0.05, 0) is 59.0 Å². The van der Waals surface area contributed by atoms with Gasteiger partial charge in [0.2, 0.25) is 0 Å². The molecule has 10 aromatic rings. The van der Waals surface area contributed by atoms with Gasteiger partial charge in [-0.15, -0.1) is 0 Å². The highest BCUT2D eigenvalue weighted by Crippen LogP contribution is 2.42. The zero-order valence-electron chi connectivity index (χ0n) is 28.9. The van der Waals surface area contributed by atoms with Crippen LogP contribution in [0.5, 0.6) is 11.5 Å². The number of para-hydroxylation sites is 5. The molecule has 3 aromatic heterocycles. The van der Waals surface area contributed by atoms with Gasteiger partial charge in [-0.25, -0.2) is 0 Å². The highest BCUT2D eigenvalue weighted by Gasteiger charge is 2.48. The summed E-state index contributed by atoms with van der Waals surface area (Å²) in [6.45, 7) is 0. The number of benzene rings is 7. The molecular weight excluding hydrogens is 691 g/mol. The van der Waals surface area contributed by atoms with E-state index in [1.165, 1.54) is 82.8 Å². The molecule has 0 N–H and O–H groups in total. The van der Waals surface area contributed by atoms with Crippen molar-refractivity contribution in [3.63, 3.8) is 0 Å². The van der Waals surface area contributed by atoms with E-state index in [0.717, 1.165) is 27.6 Å². The smallest absolute Gasteiger partial charge is 0.430 e. The van der Waals surface area contributed by atoms with E-state index in [2.05, 4.69) is 172 Å². The van der Waals surface area contributed by atoms with Crippen molar-refractivity contribution in [2.45, 2.75) is 0 Å². The average molecular weight is 717 g/mol. The molecule has 0 radical (unpaired) electrons. The van der Waals surface area contributed by atoms with Gasteiger partial charge in [0.15, 0.2) is 0 Å². The van der Waals surface area contributed by atoms with Gasteiger partial charge in [-0.3, -0.25) is 9.88 Å². The summed E-state index contributed by atoms with van der Waals surface area (Å²) in [7, 11) is 0. The van der Waals surface area contributed by atoms with E-state index in [-0.39, 0.29) is 0 Å². The van der Waals surface area contributed by atoms with E-state index in [1.54, 1.807) is 0 Å². The van der Waals surface area contributed by atoms with Crippen molar-refractivity contribution in [2.24, 2.45) is 0 Å². The van der Waals surface area contributed by atoms with Crippen LogP contribution >= 0.6 is 0 Å². The average Bonchev–Trinajstić information content (AvgIpc) is 3.75. The summed E-state index contributed by atoms with van der Waals surface area (Å²) < 4.78 is 20.2. The van der Waals surface area contributed by atoms with Crippen molar-refractivity contribution in [1.29, 1.82) is 0 Å². The first-order valence-corrected chi connectivity index (χ1v) is 22.2. The lowest BCUT2D eigenvalue weighted by molar-refractivity contribution is 0.486. The molecule has 5 nitrogen and oxygen atoms in total. The van der Waals surface area contributed by atoms with Crippen LogP contribution in [0, 0.1) is 0 Å². The molecular formula is C47H26Al2N4O. The minimum atomic E-state index is -2.10. The number of nitrogens with zero attached hydrogens (tertiary/aromatic N) is 4. The summed E-state index contributed by atoms with van der Waals surface area (Å²) in [5.74, 6) is 2.96. The molecule has 0 amide bonds. The molecule has 4 aliphatic rings. The number of anilines is 3. The Balaban J connectivity index is 1.11. The van der Waals surface area contributed by atoms with E-state index < -0.39 is 28.3 Å². The third-order valence-electron chi connectivity index (χ3n) is 12.5. The molecule has 7 aromatic carbocycles. The van der Waals surface area contributed by atoms with Crippen LogP contribution in [0.2, 0.25) is 0 Å². The van der Waals surface area contributed by atoms with E-state index in [0.29, 0.717) is 0 Å². The lowest BCUT2D eigenvalue weighted by Gasteiger charge is -2.40. The molecule has 0 saturated heterocycles. The van der Waals surface area contributed by atoms with Gasteiger partial charge in [0.05, 0.1) is 11.0 Å². The molecule has 0 unspecified atom stereocenters. The van der Waals surface area contributed by atoms with E-state index in [1.807, 2.05) is 0 Å². The van der Waals surface area contributed by atoms with Crippen LogP contribution in [0.4, 0.5) is 17.2 Å². The molecule has 14 rings (SSSR count). The molecule has 0 bridgehead atoms. The van der Waals surface area contributed by atoms with Crippen LogP contribution < -0.4 is 36.3 Å². The van der Waals surface area contributed by atoms with Gasteiger partial charge in [-0.2, -0.15) is 0 Å². The summed E-state index contributed by atoms with van der Waals surface area (Å²) in [6.07, 6.45) is 0. The van der Waals surface area contributed by atoms with Crippen molar-refractivity contribution < 1.29 is 4.74 Å². The number of fused-ring (bicyclic) bond motifs is 14. The standard InChI is InChI=1S/C47H26N4O.2Al/c1-2-14-33(15-3-1)49(34-16-12-17-35(30-34)50-43-24-8-4-20-39(43)40-21-5-9-25-44(40)50)47-29-28-38(32-48-47)52-37-19-13-18-36(31-37)51-45-26-10-6-22-41(45)42-23-7-11-27-46(42)51;;/h1-24,26,28H;;. The lowest BCUT2D eigenvalue weighted by atomic mass is 10.1. The fourth-order valence-electron chi connectivity index (χ4n) is 10.6. The maximum Gasteiger partial charge on any atom is 0.430 e. The first kappa shape index (κ1) is 28.5. The maximum atomic E-state index is 7.11. The molecule has 0 atom stereocenters. The molecule has 0 aliphatic carbocycles. The number of pyridine rings is 1. The van der Waals surface area contributed by atoms with Crippen molar-refractivity contribution in [3.05, 3.63) is 158 Å². The highest BCUT2D eigenvalue weighted by atomic mass is 27.2. The SMILES string of the molecule is c1ccc(N2c3cccc4[c]3[Al]([c]3cc5[c](nc32)[Al]2[c]3c(cccc3-n3c6ccccc6c6ccc[c]2c63)O5)[c]2cccc3c5ccccc5n-4c23)cc1. The topological polar surface area (TPSA) is 35.2 Å². The Morgan fingerprint density at radius 1 is 0.444 bits per heavy atom. The molecule has 54 heavy (non-hydrogen) atoms. The molecule has 7 heteroatoms. The Labute approximate surface area is 318 Å². The van der Waals surface area contributed by atoms with E-state index in [9.17, 15) is 0 Å². The highest BCUT2D eigenvalue weighted by molar-refractivity contribution is 7.01. The second kappa shape index (κ2) is 9.93. The lowest BCUT2D eigenvalue weighted by Crippen LogP contribution is -2.63. The minimum absolute atomic E-state index is 0.927. The summed E-state index contributed by atoms with van der Waals surface area (Å²) in [6, 6.07) is 58.4. The second-order valence-corrected chi connectivity index (χ2v) is 20.3. The van der Waals surface area contributed by atoms with E-state index >= 15 is 0 Å². The number of aromatic nitrogens is 3. The Hall–Kier alpha value is -6.05. The van der Waals surface area contributed by atoms with Gasteiger partial charge in [0.25, 0.3) is 0 Å². The normalized spacial score (nSPS) is 14.0. The number of hydrogen-bond donors (Lipinski definition) is 0. The van der Waals surface area contributed by atoms with Crippen LogP contribution in [0.15, 0.2) is 158 Å². The molecule has 7 heterocycles. The second-order valence-electron chi connectivity index (χ2n) is 15.0. The predicted molar refractivity (Wildman–Crippen MR) is 223 cm³/mol. The van der Waals surface area contributed by atoms with Gasteiger partial charge in [0.1, 0.15) is 17.3 Å². The Morgan fingerprint density at radius 2 is 1.02 bits per heavy atom. The van der Waals surface area contributed by atoms with Gasteiger partial charge >= 0.3 is 28.3 Å². The third-order valence-corrected chi connectivity index (χ3v) is 19.0. The van der Waals surface area contributed by atoms with Crippen molar-refractivity contribution in [3.8, 4) is 22.9 Å². The van der Waals surface area contributed by atoms with Crippen LogP contribution in [0.1, 0.15) is 0 Å². The zero-order valence-corrected chi connectivity index (χ0v) is 31.2. The minimum Gasteiger partial charge on any atom is -0.458 e. The maximum absolute atomic E-state index is 7.11. The Morgan fingerprint density at radius 3 is 1.74 bits per heavy atom. The van der Waals surface area contributed by atoms with Crippen LogP contribution in [0.3, 0.4) is 0 Å².